The van der Waals surface area contributed by atoms with Gasteiger partial charge in [-0.25, -0.2) is 9.78 Å². The number of benzene rings is 2. The van der Waals surface area contributed by atoms with Crippen LogP contribution >= 0.6 is 11.3 Å². The van der Waals surface area contributed by atoms with Crippen molar-refractivity contribution in [2.75, 3.05) is 12.4 Å². The van der Waals surface area contributed by atoms with Crippen molar-refractivity contribution in [1.82, 2.24) is 10.3 Å². The first kappa shape index (κ1) is 17.1. The predicted octanol–water partition coefficient (Wildman–Crippen LogP) is 4.28. The summed E-state index contributed by atoms with van der Waals surface area (Å²) in [5.74, 6) is 0. The standard InChI is InChI=1S/C19H19N3O2S/c1-24-13-15-4-2-14(3-5-15)12-21-19(23)22-17-8-6-16(7-9-17)18-20-10-11-25-18/h2-11H,12-13H2,1H3,(H2,21,22,23). The SMILES string of the molecule is COCc1ccc(CNC(=O)Nc2ccc(-c3nccs3)cc2)cc1. The van der Waals surface area contributed by atoms with E-state index < -0.39 is 0 Å². The zero-order valence-electron chi connectivity index (χ0n) is 13.9. The number of thiazole rings is 1. The molecule has 0 saturated carbocycles. The van der Waals surface area contributed by atoms with Crippen molar-refractivity contribution < 1.29 is 9.53 Å². The molecule has 2 amide bonds. The fraction of sp³-hybridized carbons (Fsp3) is 0.158. The highest BCUT2D eigenvalue weighted by molar-refractivity contribution is 7.13. The molecule has 0 aliphatic carbocycles. The quantitative estimate of drug-likeness (QED) is 0.695. The number of anilines is 1. The predicted molar refractivity (Wildman–Crippen MR) is 101 cm³/mol. The van der Waals surface area contributed by atoms with Crippen molar-refractivity contribution in [3.8, 4) is 10.6 Å². The molecule has 25 heavy (non-hydrogen) atoms. The molecule has 0 atom stereocenters. The number of hydrogen-bond acceptors (Lipinski definition) is 4. The van der Waals surface area contributed by atoms with Crippen LogP contribution in [-0.4, -0.2) is 18.1 Å². The Morgan fingerprint density at radius 3 is 2.44 bits per heavy atom. The topological polar surface area (TPSA) is 63.2 Å². The van der Waals surface area contributed by atoms with E-state index in [1.165, 1.54) is 0 Å². The van der Waals surface area contributed by atoms with Crippen molar-refractivity contribution in [2.45, 2.75) is 13.2 Å². The second-order valence-corrected chi connectivity index (χ2v) is 6.37. The molecule has 0 radical (unpaired) electrons. The zero-order valence-corrected chi connectivity index (χ0v) is 14.7. The Morgan fingerprint density at radius 2 is 1.80 bits per heavy atom. The fourth-order valence-electron chi connectivity index (χ4n) is 2.34. The Balaban J connectivity index is 1.50. The summed E-state index contributed by atoms with van der Waals surface area (Å²) in [7, 11) is 1.67. The molecule has 0 bridgehead atoms. The fourth-order valence-corrected chi connectivity index (χ4v) is 2.98. The van der Waals surface area contributed by atoms with E-state index in [4.69, 9.17) is 4.74 Å². The minimum atomic E-state index is -0.233. The first-order chi connectivity index (χ1) is 12.2. The van der Waals surface area contributed by atoms with Crippen molar-refractivity contribution in [3.05, 3.63) is 71.2 Å². The number of aromatic nitrogens is 1. The number of methoxy groups -OCH3 is 1. The van der Waals surface area contributed by atoms with Crippen LogP contribution in [0.25, 0.3) is 10.6 Å². The Morgan fingerprint density at radius 1 is 1.08 bits per heavy atom. The number of amides is 2. The lowest BCUT2D eigenvalue weighted by molar-refractivity contribution is 0.185. The molecule has 0 saturated heterocycles. The molecule has 1 heterocycles. The van der Waals surface area contributed by atoms with Gasteiger partial charge in [0.2, 0.25) is 0 Å². The monoisotopic (exact) mass is 353 g/mol. The molecule has 0 unspecified atom stereocenters. The van der Waals surface area contributed by atoms with E-state index in [2.05, 4.69) is 15.6 Å². The molecule has 2 aromatic carbocycles. The van der Waals surface area contributed by atoms with Crippen LogP contribution in [0.5, 0.6) is 0 Å². The summed E-state index contributed by atoms with van der Waals surface area (Å²) in [6.07, 6.45) is 1.78. The lowest BCUT2D eigenvalue weighted by atomic mass is 10.1. The van der Waals surface area contributed by atoms with E-state index in [0.29, 0.717) is 13.2 Å². The summed E-state index contributed by atoms with van der Waals surface area (Å²) in [5, 5.41) is 8.59. The van der Waals surface area contributed by atoms with Gasteiger partial charge in [0.15, 0.2) is 0 Å². The van der Waals surface area contributed by atoms with E-state index in [1.54, 1.807) is 24.6 Å². The van der Waals surface area contributed by atoms with Gasteiger partial charge in [-0.15, -0.1) is 11.3 Å². The Hall–Kier alpha value is -2.70. The second-order valence-electron chi connectivity index (χ2n) is 5.47. The first-order valence-corrected chi connectivity index (χ1v) is 8.74. The maximum atomic E-state index is 12.0. The third-order valence-electron chi connectivity index (χ3n) is 3.61. The number of nitrogens with zero attached hydrogens (tertiary/aromatic N) is 1. The van der Waals surface area contributed by atoms with E-state index in [-0.39, 0.29) is 6.03 Å². The highest BCUT2D eigenvalue weighted by Gasteiger charge is 2.04. The molecule has 0 aliphatic heterocycles. The van der Waals surface area contributed by atoms with E-state index in [9.17, 15) is 4.79 Å². The van der Waals surface area contributed by atoms with Crippen LogP contribution in [0.4, 0.5) is 10.5 Å². The summed E-state index contributed by atoms with van der Waals surface area (Å²) < 4.78 is 5.08. The van der Waals surface area contributed by atoms with Crippen molar-refractivity contribution >= 4 is 23.1 Å². The van der Waals surface area contributed by atoms with Gasteiger partial charge in [0.25, 0.3) is 0 Å². The lowest BCUT2D eigenvalue weighted by Crippen LogP contribution is -2.28. The van der Waals surface area contributed by atoms with Gasteiger partial charge in [0.1, 0.15) is 5.01 Å². The van der Waals surface area contributed by atoms with E-state index >= 15 is 0 Å². The summed E-state index contributed by atoms with van der Waals surface area (Å²) in [6.45, 7) is 1.06. The van der Waals surface area contributed by atoms with E-state index in [1.807, 2.05) is 53.9 Å². The average Bonchev–Trinajstić information content (AvgIpc) is 3.17. The summed E-state index contributed by atoms with van der Waals surface area (Å²) in [6, 6.07) is 15.4. The van der Waals surface area contributed by atoms with Gasteiger partial charge in [-0.2, -0.15) is 0 Å². The van der Waals surface area contributed by atoms with Crippen LogP contribution < -0.4 is 10.6 Å². The number of carbonyl (C=O) groups excluding carboxylic acids is 1. The maximum Gasteiger partial charge on any atom is 0.319 e. The van der Waals surface area contributed by atoms with Gasteiger partial charge >= 0.3 is 6.03 Å². The van der Waals surface area contributed by atoms with E-state index in [0.717, 1.165) is 27.4 Å². The lowest BCUT2D eigenvalue weighted by Gasteiger charge is -2.09. The van der Waals surface area contributed by atoms with Gasteiger partial charge in [0, 0.05) is 36.5 Å². The molecule has 0 aliphatic rings. The Kier molecular flexibility index (Phi) is 5.77. The second kappa shape index (κ2) is 8.41. The van der Waals surface area contributed by atoms with Crippen molar-refractivity contribution in [1.29, 1.82) is 0 Å². The highest BCUT2D eigenvalue weighted by Crippen LogP contribution is 2.23. The van der Waals surface area contributed by atoms with Crippen LogP contribution in [-0.2, 0) is 17.9 Å². The zero-order chi connectivity index (χ0) is 17.5. The van der Waals surface area contributed by atoms with Crippen LogP contribution in [0.1, 0.15) is 11.1 Å². The number of rotatable bonds is 6. The molecule has 6 heteroatoms. The number of nitrogens with one attached hydrogen (secondary N) is 2. The molecular weight excluding hydrogens is 334 g/mol. The number of hydrogen-bond donors (Lipinski definition) is 2. The third-order valence-corrected chi connectivity index (χ3v) is 4.43. The van der Waals surface area contributed by atoms with Gasteiger partial charge < -0.3 is 15.4 Å². The molecule has 5 nitrogen and oxygen atoms in total. The highest BCUT2D eigenvalue weighted by atomic mass is 32.1. The largest absolute Gasteiger partial charge is 0.380 e. The molecule has 2 N–H and O–H groups in total. The Labute approximate surface area is 150 Å². The normalized spacial score (nSPS) is 10.4. The summed E-state index contributed by atoms with van der Waals surface area (Å²) in [4.78, 5) is 16.3. The maximum absolute atomic E-state index is 12.0. The van der Waals surface area contributed by atoms with Crippen molar-refractivity contribution in [2.24, 2.45) is 0 Å². The third kappa shape index (κ3) is 4.89. The average molecular weight is 353 g/mol. The molecule has 1 aromatic heterocycles. The smallest absolute Gasteiger partial charge is 0.319 e. The van der Waals surface area contributed by atoms with Gasteiger partial charge in [0.05, 0.1) is 6.61 Å². The van der Waals surface area contributed by atoms with Crippen LogP contribution in [0, 0.1) is 0 Å². The summed E-state index contributed by atoms with van der Waals surface area (Å²) in [5.41, 5.74) is 3.93. The van der Waals surface area contributed by atoms with Crippen LogP contribution in [0.2, 0.25) is 0 Å². The number of carbonyl (C=O) groups is 1. The van der Waals surface area contributed by atoms with Gasteiger partial charge in [-0.05, 0) is 35.4 Å². The van der Waals surface area contributed by atoms with Crippen LogP contribution in [0.15, 0.2) is 60.1 Å². The molecule has 3 aromatic rings. The first-order valence-electron chi connectivity index (χ1n) is 7.86. The van der Waals surface area contributed by atoms with Crippen LogP contribution in [0.3, 0.4) is 0 Å². The molecule has 0 spiro atoms. The number of urea groups is 1. The molecule has 128 valence electrons. The Bertz CT molecular complexity index is 800. The minimum Gasteiger partial charge on any atom is -0.380 e. The number of ether oxygens (including phenoxy) is 1. The molecular formula is C19H19N3O2S. The minimum absolute atomic E-state index is 0.233. The summed E-state index contributed by atoms with van der Waals surface area (Å²) >= 11 is 1.59. The van der Waals surface area contributed by atoms with Gasteiger partial charge in [-0.1, -0.05) is 24.3 Å². The van der Waals surface area contributed by atoms with Gasteiger partial charge in [-0.3, -0.25) is 0 Å². The van der Waals surface area contributed by atoms with Crippen molar-refractivity contribution in [3.63, 3.8) is 0 Å². The molecule has 0 fully saturated rings. The molecule has 3 rings (SSSR count).